The summed E-state index contributed by atoms with van der Waals surface area (Å²) in [6.07, 6.45) is 2.97. The number of carboxylic acids is 1. The first-order valence-corrected chi connectivity index (χ1v) is 31.1. The van der Waals surface area contributed by atoms with Crippen molar-refractivity contribution < 1.29 is 58.2 Å². The van der Waals surface area contributed by atoms with Gasteiger partial charge in [-0.1, -0.05) is 108 Å². The molecular weight excluding hydrogens is 1100 g/mol. The Morgan fingerprint density at radius 1 is 0.695 bits per heavy atom. The molecule has 3 aliphatic rings. The first kappa shape index (κ1) is 68.2. The van der Waals surface area contributed by atoms with Gasteiger partial charge in [0.15, 0.2) is 5.96 Å². The maximum absolute atomic E-state index is 14.9. The Labute approximate surface area is 488 Å². The van der Waals surface area contributed by atoms with Gasteiger partial charge in [0.25, 0.3) is 0 Å². The summed E-state index contributed by atoms with van der Waals surface area (Å²) in [6, 6.07) is -6.30. The minimum atomic E-state index is -1.49. The van der Waals surface area contributed by atoms with Crippen molar-refractivity contribution >= 4 is 86.7 Å². The van der Waals surface area contributed by atoms with Crippen molar-refractivity contribution in [1.29, 1.82) is 0 Å². The zero-order valence-electron chi connectivity index (χ0n) is 48.6. The molecule has 15 N–H and O–H groups in total. The fourth-order valence-electron chi connectivity index (χ4n) is 9.89. The Kier molecular flexibility index (Phi) is 27.5. The Morgan fingerprint density at radius 2 is 1.21 bits per heavy atom. The van der Waals surface area contributed by atoms with Crippen molar-refractivity contribution in [3.8, 4) is 5.75 Å². The molecule has 27 heteroatoms. The second kappa shape index (κ2) is 33.1. The second-order valence-electron chi connectivity index (χ2n) is 22.2. The number of aliphatic carboxylic acids is 1. The number of aromatic hydroxyl groups is 1. The van der Waals surface area contributed by atoms with Gasteiger partial charge in [0.2, 0.25) is 53.2 Å². The van der Waals surface area contributed by atoms with Crippen LogP contribution in [0.4, 0.5) is 0 Å². The van der Waals surface area contributed by atoms with Crippen LogP contribution in [0.1, 0.15) is 125 Å². The first-order chi connectivity index (χ1) is 38.8. The quantitative estimate of drug-likeness (QED) is 0.0385. The molecule has 0 radical (unpaired) electrons. The largest absolute Gasteiger partial charge is 0.508 e. The average Bonchev–Trinajstić information content (AvgIpc) is 4.15. The van der Waals surface area contributed by atoms with Crippen LogP contribution in [0.5, 0.6) is 5.75 Å². The molecule has 3 fully saturated rings. The molecule has 458 valence electrons. The highest BCUT2D eigenvalue weighted by atomic mass is 33.1. The third kappa shape index (κ3) is 19.9. The summed E-state index contributed by atoms with van der Waals surface area (Å²) in [5.41, 5.74) is 17.6. The lowest BCUT2D eigenvalue weighted by Crippen LogP contribution is -2.62. The molecular formula is C55H89N13O12S2. The number of rotatable bonds is 19. The summed E-state index contributed by atoms with van der Waals surface area (Å²) in [7, 11) is 1.99. The van der Waals surface area contributed by atoms with Crippen molar-refractivity contribution in [2.45, 2.75) is 186 Å². The van der Waals surface area contributed by atoms with E-state index in [1.165, 1.54) is 21.9 Å². The zero-order chi connectivity index (χ0) is 61.0. The summed E-state index contributed by atoms with van der Waals surface area (Å²) >= 11 is 0. The van der Waals surface area contributed by atoms with Crippen LogP contribution in [0.25, 0.3) is 0 Å². The topological polar surface area (TPSA) is 392 Å². The molecule has 3 aliphatic heterocycles. The van der Waals surface area contributed by atoms with Crippen molar-refractivity contribution in [3.05, 3.63) is 29.8 Å². The summed E-state index contributed by atoms with van der Waals surface area (Å²) in [6.45, 7) is 14.9. The number of hydrogen-bond donors (Lipinski definition) is 12. The predicted octanol–water partition coefficient (Wildman–Crippen LogP) is 0.355. The minimum Gasteiger partial charge on any atom is -0.508 e. The van der Waals surface area contributed by atoms with Gasteiger partial charge in [-0.2, -0.15) is 0 Å². The number of phenolic OH excluding ortho intramolecular Hbond substituents is 1. The van der Waals surface area contributed by atoms with E-state index in [1.54, 1.807) is 32.9 Å². The third-order valence-corrected chi connectivity index (χ3v) is 17.9. The van der Waals surface area contributed by atoms with Crippen LogP contribution in [0.3, 0.4) is 0 Å². The number of aliphatic imine (C=N–C) groups is 1. The van der Waals surface area contributed by atoms with Gasteiger partial charge in [-0.3, -0.25) is 48.1 Å². The molecule has 13 atom stereocenters. The van der Waals surface area contributed by atoms with Crippen molar-refractivity contribution in [1.82, 2.24) is 47.0 Å². The molecule has 1 aromatic rings. The van der Waals surface area contributed by atoms with Crippen molar-refractivity contribution in [2.75, 3.05) is 31.1 Å². The average molecular weight is 1190 g/mol. The number of amides is 9. The molecule has 4 rings (SSSR count). The van der Waals surface area contributed by atoms with E-state index < -0.39 is 137 Å². The zero-order valence-corrected chi connectivity index (χ0v) is 50.2. The molecule has 3 heterocycles. The Balaban J connectivity index is 1.79. The number of guanidine groups is 1. The van der Waals surface area contributed by atoms with Gasteiger partial charge in [-0.25, -0.2) is 4.79 Å². The molecule has 82 heavy (non-hydrogen) atoms. The van der Waals surface area contributed by atoms with Crippen LogP contribution in [0.2, 0.25) is 0 Å². The predicted molar refractivity (Wildman–Crippen MR) is 313 cm³/mol. The van der Waals surface area contributed by atoms with Gasteiger partial charge in [-0.05, 0) is 86.3 Å². The third-order valence-electron chi connectivity index (χ3n) is 15.5. The number of benzene rings is 1. The lowest BCUT2D eigenvalue weighted by Gasteiger charge is -2.34. The van der Waals surface area contributed by atoms with E-state index in [0.29, 0.717) is 44.1 Å². The van der Waals surface area contributed by atoms with Crippen LogP contribution in [-0.4, -0.2) is 177 Å². The normalized spacial score (nSPS) is 25.9. The molecule has 0 bridgehead atoms. The molecule has 1 aromatic carbocycles. The first-order valence-electron chi connectivity index (χ1n) is 28.6. The van der Waals surface area contributed by atoms with Gasteiger partial charge in [-0.15, -0.1) is 0 Å². The van der Waals surface area contributed by atoms with E-state index >= 15 is 0 Å². The van der Waals surface area contributed by atoms with Gasteiger partial charge in [0, 0.05) is 37.6 Å². The molecule has 0 aliphatic carbocycles. The van der Waals surface area contributed by atoms with E-state index in [1.807, 2.05) is 34.6 Å². The molecule has 1 unspecified atom stereocenters. The highest BCUT2D eigenvalue weighted by Gasteiger charge is 2.44. The second-order valence-corrected chi connectivity index (χ2v) is 24.8. The van der Waals surface area contributed by atoms with Gasteiger partial charge >= 0.3 is 5.97 Å². The van der Waals surface area contributed by atoms with Gasteiger partial charge in [0.05, 0.1) is 6.04 Å². The minimum absolute atomic E-state index is 0.0378. The number of carbonyl (C=O) groups excluding carboxylic acids is 9. The van der Waals surface area contributed by atoms with Crippen molar-refractivity contribution in [3.63, 3.8) is 0 Å². The maximum Gasteiger partial charge on any atom is 0.327 e. The van der Waals surface area contributed by atoms with Crippen LogP contribution in [0.15, 0.2) is 29.3 Å². The number of nitrogens with zero attached hydrogens (tertiary/aromatic N) is 3. The smallest absolute Gasteiger partial charge is 0.327 e. The molecule has 0 spiro atoms. The summed E-state index contributed by atoms with van der Waals surface area (Å²) in [4.78, 5) is 149. The number of carbonyl (C=O) groups is 10. The summed E-state index contributed by atoms with van der Waals surface area (Å²) in [5.74, 6) is -9.82. The number of carboxylic acid groups (broad SMARTS) is 1. The van der Waals surface area contributed by atoms with Crippen LogP contribution >= 0.6 is 21.6 Å². The highest BCUT2D eigenvalue weighted by Crippen LogP contribution is 2.27. The Morgan fingerprint density at radius 3 is 1.73 bits per heavy atom. The molecule has 9 amide bonds. The fraction of sp³-hybridized carbons (Fsp3) is 0.691. The standard InChI is InChI=1S/C55H89N13O12S2/c1-9-30(6)42-51(76)66-44(32(8)11-3)53(78)68-24-14-17-41(68)50(75)63-39(54(79)80)28-82-81-27-38(62-46(71)36(25-29(4)5)60-45(70)35(56)15-12-22-59-55(57)58)48(73)65-43(31(7)10-2)52(77)67-23-13-16-40(67)49(74)61-37(47(72)64-42)26-33-18-20-34(69)21-19-33/h18-21,29-32,35-44,69H,9-17,22-28,56H2,1-8H3,(H,60,70)(H,61,74)(H,62,71)(H,63,75)(H,64,72)(H,65,73)(H,66,76)(H,79,80)(H4,57,58,59)/t30-,31-,32-,35-,36-,37-,38-,39-,40-,41-,42-,43?,44-/m0/s1. The fourth-order valence-corrected chi connectivity index (χ4v) is 12.2. The maximum atomic E-state index is 14.9. The van der Waals surface area contributed by atoms with E-state index in [4.69, 9.17) is 17.2 Å². The number of fused-ring (bicyclic) bond motifs is 2. The van der Waals surface area contributed by atoms with E-state index in [2.05, 4.69) is 42.2 Å². The Hall–Kier alpha value is -6.35. The number of nitrogens with one attached hydrogen (secondary N) is 7. The van der Waals surface area contributed by atoms with Crippen LogP contribution < -0.4 is 54.4 Å². The number of hydrogen-bond acceptors (Lipinski definition) is 15. The molecule has 0 aromatic heterocycles. The van der Waals surface area contributed by atoms with Crippen LogP contribution in [0, 0.1) is 23.7 Å². The monoisotopic (exact) mass is 1190 g/mol. The molecule has 25 nitrogen and oxygen atoms in total. The van der Waals surface area contributed by atoms with E-state index in [9.17, 15) is 58.2 Å². The van der Waals surface area contributed by atoms with E-state index in [-0.39, 0.29) is 80.9 Å². The molecule has 0 saturated carbocycles. The SMILES string of the molecule is CC[C@H](C)C1NC(=O)[C@@H](NC(=O)[C@H](CC(C)C)NC(=O)[C@@H](N)CCCN=C(N)N)CSSC[C@@H](C(=O)O)NC(=O)[C@@H]2CCCN2C(=O)[C@H]([C@@H](C)CC)NC(=O)[C@H]([C@@H](C)CC)NC(=O)[C@H](Cc2ccc(O)cc2)NC(=O)[C@@H]2CCCN2C1=O. The van der Waals surface area contributed by atoms with Crippen LogP contribution in [-0.2, 0) is 54.4 Å². The molecule has 3 saturated heterocycles. The van der Waals surface area contributed by atoms with Gasteiger partial charge in [0.1, 0.15) is 60.1 Å². The number of phenols is 1. The van der Waals surface area contributed by atoms with E-state index in [0.717, 1.165) is 21.6 Å². The van der Waals surface area contributed by atoms with Gasteiger partial charge < -0.3 is 74.4 Å². The number of nitrogens with two attached hydrogens (primary N) is 3. The Bertz CT molecular complexity index is 2420. The van der Waals surface area contributed by atoms with Crippen molar-refractivity contribution in [2.24, 2.45) is 45.9 Å². The lowest BCUT2D eigenvalue weighted by molar-refractivity contribution is -0.145. The summed E-state index contributed by atoms with van der Waals surface area (Å²) in [5, 5.41) is 39.9. The highest BCUT2D eigenvalue weighted by molar-refractivity contribution is 8.76. The summed E-state index contributed by atoms with van der Waals surface area (Å²) < 4.78 is 0. The lowest BCUT2D eigenvalue weighted by atomic mass is 9.94.